The van der Waals surface area contributed by atoms with Crippen molar-refractivity contribution in [2.24, 2.45) is 5.41 Å². The number of halogens is 11. The molecule has 13 heteroatoms. The summed E-state index contributed by atoms with van der Waals surface area (Å²) < 4.78 is 142. The molecule has 0 N–H and O–H groups in total. The fourth-order valence-corrected chi connectivity index (χ4v) is 1.48. The highest BCUT2D eigenvalue weighted by atomic mass is 19.4. The maximum Gasteiger partial charge on any atom is 0.412 e. The van der Waals surface area contributed by atoms with E-state index in [1.165, 1.54) is 0 Å². The zero-order chi connectivity index (χ0) is 18.9. The van der Waals surface area contributed by atoms with Gasteiger partial charge in [-0.2, -0.15) is 48.3 Å². The number of hydrogen-bond donors (Lipinski definition) is 0. The maximum absolute atomic E-state index is 12.6. The van der Waals surface area contributed by atoms with Gasteiger partial charge in [0.1, 0.15) is 5.57 Å². The van der Waals surface area contributed by atoms with Gasteiger partial charge in [0.15, 0.2) is 0 Å². The zero-order valence-corrected chi connectivity index (χ0v) is 10.9. The van der Waals surface area contributed by atoms with Crippen LogP contribution < -0.4 is 0 Å². The molecule has 0 aliphatic heterocycles. The van der Waals surface area contributed by atoms with E-state index in [0.29, 0.717) is 0 Å². The third kappa shape index (κ3) is 4.05. The molecule has 0 aromatic rings. The molecular weight excluding hydrogens is 361 g/mol. The van der Waals surface area contributed by atoms with Crippen LogP contribution in [0.2, 0.25) is 0 Å². The van der Waals surface area contributed by atoms with Crippen molar-refractivity contribution in [3.05, 3.63) is 11.7 Å². The summed E-state index contributed by atoms with van der Waals surface area (Å²) in [6, 6.07) is 0. The van der Waals surface area contributed by atoms with Gasteiger partial charge in [0, 0.05) is 6.42 Å². The lowest BCUT2D eigenvalue weighted by atomic mass is 9.79. The molecule has 0 radical (unpaired) electrons. The molecule has 0 fully saturated rings. The van der Waals surface area contributed by atoms with Crippen molar-refractivity contribution >= 4 is 5.97 Å². The largest absolute Gasteiger partial charge is 0.462 e. The second-order valence-corrected chi connectivity index (χ2v) is 4.03. The molecular formula is C10H7F11O2. The summed E-state index contributed by atoms with van der Waals surface area (Å²) in [6.45, 7) is 0.197. The van der Waals surface area contributed by atoms with Gasteiger partial charge in [-0.05, 0) is 6.92 Å². The molecule has 0 spiro atoms. The van der Waals surface area contributed by atoms with Crippen LogP contribution in [-0.4, -0.2) is 31.1 Å². The Morgan fingerprint density at radius 2 is 1.17 bits per heavy atom. The molecule has 0 heterocycles. The van der Waals surface area contributed by atoms with Crippen molar-refractivity contribution in [3.8, 4) is 0 Å². The SMILES string of the molecule is CCOC(=O)C(CC(C(F)(F)F)(C(F)(F)F)C(F)(F)F)=C(F)F. The first kappa shape index (κ1) is 21.4. The van der Waals surface area contributed by atoms with E-state index in [2.05, 4.69) is 4.74 Å². The average Bonchev–Trinajstić information content (AvgIpc) is 2.23. The number of carbonyl (C=O) groups excluding carboxylic acids is 1. The van der Waals surface area contributed by atoms with E-state index in [4.69, 9.17) is 0 Å². The highest BCUT2D eigenvalue weighted by Gasteiger charge is 2.83. The maximum atomic E-state index is 12.6. The molecule has 0 unspecified atom stereocenters. The molecule has 0 rings (SSSR count). The van der Waals surface area contributed by atoms with Crippen LogP contribution in [0.4, 0.5) is 48.3 Å². The Labute approximate surface area is 120 Å². The number of rotatable bonds is 4. The second kappa shape index (κ2) is 6.51. The highest BCUT2D eigenvalue weighted by molar-refractivity contribution is 5.88. The Balaban J connectivity index is 6.41. The smallest absolute Gasteiger partial charge is 0.412 e. The molecule has 0 aliphatic carbocycles. The van der Waals surface area contributed by atoms with Gasteiger partial charge in [0.05, 0.1) is 6.61 Å². The minimum absolute atomic E-state index is 0.757. The van der Waals surface area contributed by atoms with Crippen molar-refractivity contribution < 1.29 is 57.8 Å². The number of esters is 1. The molecule has 0 saturated carbocycles. The molecule has 0 saturated heterocycles. The Bertz CT molecular complexity index is 429. The van der Waals surface area contributed by atoms with E-state index in [9.17, 15) is 53.1 Å². The van der Waals surface area contributed by atoms with E-state index in [1.807, 2.05) is 0 Å². The van der Waals surface area contributed by atoms with Crippen LogP contribution in [0.25, 0.3) is 0 Å². The van der Waals surface area contributed by atoms with E-state index in [-0.39, 0.29) is 0 Å². The summed E-state index contributed by atoms with van der Waals surface area (Å²) in [7, 11) is 0. The average molecular weight is 368 g/mol. The van der Waals surface area contributed by atoms with E-state index >= 15 is 0 Å². The van der Waals surface area contributed by atoms with Crippen LogP contribution in [0.3, 0.4) is 0 Å². The Hall–Kier alpha value is -1.56. The monoisotopic (exact) mass is 368 g/mol. The van der Waals surface area contributed by atoms with Crippen molar-refractivity contribution in [2.75, 3.05) is 6.61 Å². The van der Waals surface area contributed by atoms with Gasteiger partial charge in [-0.15, -0.1) is 0 Å². The third-order valence-corrected chi connectivity index (χ3v) is 2.64. The topological polar surface area (TPSA) is 26.3 Å². The molecule has 0 bridgehead atoms. The normalized spacial score (nSPS) is 13.7. The second-order valence-electron chi connectivity index (χ2n) is 4.03. The third-order valence-electron chi connectivity index (χ3n) is 2.64. The molecule has 136 valence electrons. The Kier molecular flexibility index (Phi) is 6.07. The van der Waals surface area contributed by atoms with Crippen molar-refractivity contribution in [3.63, 3.8) is 0 Å². The molecule has 23 heavy (non-hydrogen) atoms. The number of carbonyl (C=O) groups is 1. The first-order valence-electron chi connectivity index (χ1n) is 5.44. The minimum atomic E-state index is -7.04. The van der Waals surface area contributed by atoms with Crippen LogP contribution in [0.5, 0.6) is 0 Å². The lowest BCUT2D eigenvalue weighted by Gasteiger charge is -2.38. The number of hydrogen-bond acceptors (Lipinski definition) is 2. The van der Waals surface area contributed by atoms with Crippen LogP contribution >= 0.6 is 0 Å². The summed E-state index contributed by atoms with van der Waals surface area (Å²) in [6.07, 6.45) is -28.0. The summed E-state index contributed by atoms with van der Waals surface area (Å²) in [5.41, 5.74) is -9.20. The highest BCUT2D eigenvalue weighted by Crippen LogP contribution is 2.62. The van der Waals surface area contributed by atoms with Gasteiger partial charge in [0.2, 0.25) is 0 Å². The summed E-state index contributed by atoms with van der Waals surface area (Å²) in [4.78, 5) is 11.0. The molecule has 0 amide bonds. The van der Waals surface area contributed by atoms with Gasteiger partial charge in [-0.1, -0.05) is 0 Å². The Morgan fingerprint density at radius 3 is 1.39 bits per heavy atom. The van der Waals surface area contributed by atoms with Gasteiger partial charge in [0.25, 0.3) is 11.5 Å². The first-order chi connectivity index (χ1) is 10.0. The van der Waals surface area contributed by atoms with Crippen molar-refractivity contribution in [1.29, 1.82) is 0 Å². The lowest BCUT2D eigenvalue weighted by Crippen LogP contribution is -2.60. The molecule has 0 aromatic carbocycles. The molecule has 2 nitrogen and oxygen atoms in total. The minimum Gasteiger partial charge on any atom is -0.462 e. The fraction of sp³-hybridized carbons (Fsp3) is 0.700. The zero-order valence-electron chi connectivity index (χ0n) is 10.9. The lowest BCUT2D eigenvalue weighted by molar-refractivity contribution is -0.426. The predicted molar refractivity (Wildman–Crippen MR) is 51.1 cm³/mol. The van der Waals surface area contributed by atoms with Crippen molar-refractivity contribution in [2.45, 2.75) is 31.9 Å². The van der Waals surface area contributed by atoms with Crippen molar-refractivity contribution in [1.82, 2.24) is 0 Å². The van der Waals surface area contributed by atoms with E-state index in [0.717, 1.165) is 6.92 Å². The van der Waals surface area contributed by atoms with Crippen LogP contribution in [0, 0.1) is 5.41 Å². The van der Waals surface area contributed by atoms with Gasteiger partial charge in [-0.3, -0.25) is 0 Å². The van der Waals surface area contributed by atoms with Gasteiger partial charge >= 0.3 is 24.5 Å². The molecule has 0 aliphatic rings. The fourth-order valence-electron chi connectivity index (χ4n) is 1.48. The Morgan fingerprint density at radius 1 is 0.826 bits per heavy atom. The quantitative estimate of drug-likeness (QED) is 0.406. The van der Waals surface area contributed by atoms with E-state index in [1.54, 1.807) is 0 Å². The van der Waals surface area contributed by atoms with E-state index < -0.39 is 54.6 Å². The summed E-state index contributed by atoms with van der Waals surface area (Å²) in [5, 5.41) is 0. The first-order valence-corrected chi connectivity index (χ1v) is 5.44. The van der Waals surface area contributed by atoms with Crippen LogP contribution in [0.1, 0.15) is 13.3 Å². The standard InChI is InChI=1S/C10H7F11O2/c1-2-23-6(22)4(5(11)12)3-7(8(13,14)15,9(16,17)18)10(19,20)21/h2-3H2,1H3. The van der Waals surface area contributed by atoms with Gasteiger partial charge < -0.3 is 4.74 Å². The van der Waals surface area contributed by atoms with Gasteiger partial charge in [-0.25, -0.2) is 4.79 Å². The van der Waals surface area contributed by atoms with Crippen LogP contribution in [-0.2, 0) is 9.53 Å². The van der Waals surface area contributed by atoms with Crippen LogP contribution in [0.15, 0.2) is 11.7 Å². The predicted octanol–water partition coefficient (Wildman–Crippen LogP) is 4.76. The molecule has 0 aromatic heterocycles. The number of alkyl halides is 9. The summed E-state index contributed by atoms with van der Waals surface area (Å²) in [5.74, 6) is -2.41. The number of ether oxygens (including phenoxy) is 1. The molecule has 0 atom stereocenters. The summed E-state index contributed by atoms with van der Waals surface area (Å²) >= 11 is 0.